The summed E-state index contributed by atoms with van der Waals surface area (Å²) < 4.78 is 27.7. The third kappa shape index (κ3) is 3.72. The van der Waals surface area contributed by atoms with Crippen LogP contribution in [0.3, 0.4) is 0 Å². The molecule has 1 saturated carbocycles. The number of carbonyl (C=O) groups excluding carboxylic acids is 1. The number of carbonyl (C=O) groups is 1. The van der Waals surface area contributed by atoms with Crippen LogP contribution in [-0.2, 0) is 4.79 Å². The smallest absolute Gasteiger partial charge is 0.212 e. The molecule has 0 bridgehead atoms. The molecule has 1 fully saturated rings. The molecule has 0 saturated heterocycles. The summed E-state index contributed by atoms with van der Waals surface area (Å²) in [6, 6.07) is 0. The van der Waals surface area contributed by atoms with E-state index in [2.05, 4.69) is 25.5 Å². The van der Waals surface area contributed by atoms with Crippen molar-refractivity contribution in [3.05, 3.63) is 41.2 Å². The maximum atomic E-state index is 14.9. The number of fused-ring (bicyclic) bond motifs is 2. The average Bonchev–Trinajstić information content (AvgIpc) is 3.17. The van der Waals surface area contributed by atoms with Crippen molar-refractivity contribution in [1.82, 2.24) is 24.6 Å². The molecular weight excluding hydrogens is 414 g/mol. The molecule has 1 aromatic carbocycles. The van der Waals surface area contributed by atoms with E-state index in [4.69, 9.17) is 11.6 Å². The molecular formula is C20H19ClF2N6O. The van der Waals surface area contributed by atoms with Crippen LogP contribution >= 0.6 is 11.6 Å². The number of halogens is 3. The molecule has 1 amide bonds. The zero-order valence-electron chi connectivity index (χ0n) is 16.3. The van der Waals surface area contributed by atoms with Gasteiger partial charge < -0.3 is 9.72 Å². The molecule has 4 aromatic rings. The second-order valence-electron chi connectivity index (χ2n) is 7.33. The van der Waals surface area contributed by atoms with E-state index in [1.165, 1.54) is 6.20 Å². The molecule has 3 heterocycles. The van der Waals surface area contributed by atoms with Crippen molar-refractivity contribution in [2.75, 3.05) is 5.32 Å². The molecule has 10 heteroatoms. The predicted octanol–water partition coefficient (Wildman–Crippen LogP) is 4.88. The van der Waals surface area contributed by atoms with Gasteiger partial charge >= 0.3 is 0 Å². The summed E-state index contributed by atoms with van der Waals surface area (Å²) in [6.45, 7) is 3.79. The van der Waals surface area contributed by atoms with Crippen molar-refractivity contribution in [2.45, 2.75) is 38.8 Å². The minimum absolute atomic E-state index is 0.000746. The van der Waals surface area contributed by atoms with E-state index in [-0.39, 0.29) is 10.9 Å². The molecule has 1 aliphatic rings. The predicted molar refractivity (Wildman–Crippen MR) is 111 cm³/mol. The number of hydrogen-bond donors (Lipinski definition) is 2. The number of aromatic nitrogens is 5. The molecule has 3 aromatic heterocycles. The van der Waals surface area contributed by atoms with Gasteiger partial charge in [-0.05, 0) is 18.8 Å². The Labute approximate surface area is 175 Å². The summed E-state index contributed by atoms with van der Waals surface area (Å²) in [4.78, 5) is 19.1. The van der Waals surface area contributed by atoms with Crippen molar-refractivity contribution < 1.29 is 13.6 Å². The van der Waals surface area contributed by atoms with E-state index in [0.29, 0.717) is 45.6 Å². The molecule has 5 rings (SSSR count). The Kier molecular flexibility index (Phi) is 5.38. The standard InChI is InChI=1S/C17H14ClFN6O.C3H5F/c1-8(2)13-16(19)15(18)14(9-3-22-24-17(9)13)10-5-25-6-11(21-7-26)23-12(25)4-20-10;4-3-1-2-3/h3-8H,1-2H3,(H,21,26)(H,22,24);3H,1-2H2. The zero-order valence-corrected chi connectivity index (χ0v) is 17.0. The number of anilines is 1. The quantitative estimate of drug-likeness (QED) is 0.450. The second-order valence-corrected chi connectivity index (χ2v) is 7.71. The van der Waals surface area contributed by atoms with Crippen LogP contribution in [0.1, 0.15) is 38.2 Å². The van der Waals surface area contributed by atoms with Crippen molar-refractivity contribution in [1.29, 1.82) is 0 Å². The number of alkyl halides is 1. The van der Waals surface area contributed by atoms with E-state index >= 15 is 0 Å². The van der Waals surface area contributed by atoms with Gasteiger partial charge in [0, 0.05) is 22.7 Å². The number of aromatic amines is 1. The third-order valence-electron chi connectivity index (χ3n) is 4.72. The Morgan fingerprint density at radius 2 is 2.07 bits per heavy atom. The number of nitrogens with zero attached hydrogens (tertiary/aromatic N) is 4. The topological polar surface area (TPSA) is 88.0 Å². The van der Waals surface area contributed by atoms with Crippen LogP contribution in [0.15, 0.2) is 24.8 Å². The number of hydrogen-bond acceptors (Lipinski definition) is 4. The molecule has 0 unspecified atom stereocenters. The maximum Gasteiger partial charge on any atom is 0.212 e. The van der Waals surface area contributed by atoms with Crippen molar-refractivity contribution >= 4 is 40.4 Å². The second kappa shape index (κ2) is 7.98. The van der Waals surface area contributed by atoms with Gasteiger partial charge in [-0.2, -0.15) is 5.10 Å². The highest BCUT2D eigenvalue weighted by Gasteiger charge is 2.23. The first-order valence-corrected chi connectivity index (χ1v) is 9.81. The van der Waals surface area contributed by atoms with Crippen molar-refractivity contribution in [3.8, 4) is 11.3 Å². The fourth-order valence-corrected chi connectivity index (χ4v) is 3.45. The van der Waals surface area contributed by atoms with Gasteiger partial charge in [-0.15, -0.1) is 0 Å². The average molecular weight is 433 g/mol. The molecule has 0 spiro atoms. The van der Waals surface area contributed by atoms with Gasteiger partial charge in [0.05, 0.1) is 34.8 Å². The lowest BCUT2D eigenvalue weighted by Crippen LogP contribution is -2.00. The first kappa shape index (κ1) is 20.2. The van der Waals surface area contributed by atoms with Gasteiger partial charge in [-0.25, -0.2) is 13.8 Å². The van der Waals surface area contributed by atoms with Crippen LogP contribution < -0.4 is 5.32 Å². The van der Waals surface area contributed by atoms with E-state index in [9.17, 15) is 13.6 Å². The van der Waals surface area contributed by atoms with Crippen LogP contribution in [0.4, 0.5) is 14.6 Å². The zero-order chi connectivity index (χ0) is 21.4. The summed E-state index contributed by atoms with van der Waals surface area (Å²) >= 11 is 6.38. The van der Waals surface area contributed by atoms with Crippen LogP contribution in [0.5, 0.6) is 0 Å². The van der Waals surface area contributed by atoms with Crippen LogP contribution in [0, 0.1) is 5.82 Å². The molecule has 7 nitrogen and oxygen atoms in total. The Bertz CT molecular complexity index is 1230. The molecule has 0 atom stereocenters. The van der Waals surface area contributed by atoms with E-state index in [1.54, 1.807) is 23.0 Å². The highest BCUT2D eigenvalue weighted by Crippen LogP contribution is 2.40. The minimum atomic E-state index is -0.482. The largest absolute Gasteiger partial charge is 0.312 e. The number of nitrogens with one attached hydrogen (secondary N) is 2. The summed E-state index contributed by atoms with van der Waals surface area (Å²) in [5.74, 6) is -0.158. The van der Waals surface area contributed by atoms with Gasteiger partial charge in [0.2, 0.25) is 6.41 Å². The minimum Gasteiger partial charge on any atom is -0.312 e. The van der Waals surface area contributed by atoms with Gasteiger partial charge in [0.1, 0.15) is 12.0 Å². The van der Waals surface area contributed by atoms with Crippen LogP contribution in [0.25, 0.3) is 27.8 Å². The first-order valence-electron chi connectivity index (χ1n) is 9.44. The molecule has 0 radical (unpaired) electrons. The van der Waals surface area contributed by atoms with Gasteiger partial charge in [0.15, 0.2) is 11.5 Å². The van der Waals surface area contributed by atoms with E-state index < -0.39 is 12.0 Å². The Morgan fingerprint density at radius 3 is 2.70 bits per heavy atom. The maximum absolute atomic E-state index is 14.9. The van der Waals surface area contributed by atoms with Gasteiger partial charge in [-0.1, -0.05) is 25.4 Å². The highest BCUT2D eigenvalue weighted by molar-refractivity contribution is 6.35. The van der Waals surface area contributed by atoms with Crippen LogP contribution in [-0.4, -0.2) is 37.1 Å². The van der Waals surface area contributed by atoms with E-state index in [0.717, 1.165) is 12.8 Å². The monoisotopic (exact) mass is 432 g/mol. The number of amides is 1. The normalized spacial score (nSPS) is 13.5. The summed E-state index contributed by atoms with van der Waals surface area (Å²) in [5.41, 5.74) is 2.56. The number of benzene rings is 1. The van der Waals surface area contributed by atoms with Crippen molar-refractivity contribution in [2.24, 2.45) is 0 Å². The van der Waals surface area contributed by atoms with Gasteiger partial charge in [0.25, 0.3) is 0 Å². The number of imidazole rings is 1. The lowest BCUT2D eigenvalue weighted by Gasteiger charge is -2.14. The summed E-state index contributed by atoms with van der Waals surface area (Å²) in [5, 5.41) is 10.1. The fourth-order valence-electron chi connectivity index (χ4n) is 3.15. The van der Waals surface area contributed by atoms with E-state index in [1.807, 2.05) is 13.8 Å². The third-order valence-corrected chi connectivity index (χ3v) is 5.07. The number of H-pyrrole nitrogens is 1. The molecule has 30 heavy (non-hydrogen) atoms. The highest BCUT2D eigenvalue weighted by atomic mass is 35.5. The van der Waals surface area contributed by atoms with Gasteiger partial charge in [-0.3, -0.25) is 14.9 Å². The molecule has 1 aliphatic carbocycles. The molecule has 2 N–H and O–H groups in total. The Hall–Kier alpha value is -3.07. The molecule has 156 valence electrons. The van der Waals surface area contributed by atoms with Crippen molar-refractivity contribution in [3.63, 3.8) is 0 Å². The summed E-state index contributed by atoms with van der Waals surface area (Å²) in [6.07, 6.45) is 8.22. The van der Waals surface area contributed by atoms with Crippen LogP contribution in [0.2, 0.25) is 5.02 Å². The first-order chi connectivity index (χ1) is 14.4. The fraction of sp³-hybridized carbons (Fsp3) is 0.300. The Balaban J connectivity index is 0.000000489. The Morgan fingerprint density at radius 1 is 1.33 bits per heavy atom. The number of rotatable bonds is 4. The molecule has 0 aliphatic heterocycles. The SMILES string of the molecule is CC(C)c1c(F)c(Cl)c(-c2cn3cc(NC=O)nc3cn2)c2cn[nH]c12.FC1CC1. The lowest BCUT2D eigenvalue weighted by molar-refractivity contribution is -0.105. The summed E-state index contributed by atoms with van der Waals surface area (Å²) in [7, 11) is 0. The lowest BCUT2D eigenvalue weighted by atomic mass is 9.96.